The fraction of sp³-hybridized carbons (Fsp3) is 0.409. The number of fused-ring (bicyclic) bond motifs is 1. The zero-order valence-electron chi connectivity index (χ0n) is 15.3. The van der Waals surface area contributed by atoms with E-state index in [-0.39, 0.29) is 5.92 Å². The molecule has 5 heteroatoms. The van der Waals surface area contributed by atoms with Crippen molar-refractivity contribution in [1.29, 1.82) is 0 Å². The van der Waals surface area contributed by atoms with E-state index in [9.17, 15) is 4.79 Å². The molecule has 2 aliphatic heterocycles. The zero-order chi connectivity index (χ0) is 18.8. The Hall–Kier alpha value is -1.55. The summed E-state index contributed by atoms with van der Waals surface area (Å²) >= 11 is 12.7. The predicted molar refractivity (Wildman–Crippen MR) is 110 cm³/mol. The number of amides is 1. The van der Waals surface area contributed by atoms with Gasteiger partial charge in [0.1, 0.15) is 0 Å². The second-order valence-corrected chi connectivity index (χ2v) is 8.37. The second-order valence-electron chi connectivity index (χ2n) is 7.55. The highest BCUT2D eigenvalue weighted by Gasteiger charge is 2.31. The van der Waals surface area contributed by atoms with Crippen molar-refractivity contribution >= 4 is 29.1 Å². The molecule has 2 aliphatic rings. The van der Waals surface area contributed by atoms with Crippen molar-refractivity contribution in [2.24, 2.45) is 5.92 Å². The molecule has 2 heterocycles. The van der Waals surface area contributed by atoms with Crippen molar-refractivity contribution in [3.63, 3.8) is 0 Å². The quantitative estimate of drug-likeness (QED) is 0.736. The molecule has 0 radical (unpaired) electrons. The summed E-state index contributed by atoms with van der Waals surface area (Å²) in [5, 5.41) is 1.40. The van der Waals surface area contributed by atoms with Gasteiger partial charge in [0, 0.05) is 41.8 Å². The number of piperidine rings is 1. The Morgan fingerprint density at radius 3 is 2.52 bits per heavy atom. The summed E-state index contributed by atoms with van der Waals surface area (Å²) in [4.78, 5) is 17.5. The molecular formula is C22H24Cl2N2O. The molecule has 2 aromatic rings. The number of hydrogen-bond acceptors (Lipinski definition) is 2. The van der Waals surface area contributed by atoms with Crippen LogP contribution in [0.3, 0.4) is 0 Å². The van der Waals surface area contributed by atoms with Crippen LogP contribution < -0.4 is 0 Å². The average Bonchev–Trinajstić information content (AvgIpc) is 2.70. The van der Waals surface area contributed by atoms with E-state index < -0.39 is 0 Å². The maximum Gasteiger partial charge on any atom is 0.227 e. The van der Waals surface area contributed by atoms with Crippen LogP contribution >= 0.6 is 23.2 Å². The van der Waals surface area contributed by atoms with Gasteiger partial charge < -0.3 is 4.90 Å². The first-order chi connectivity index (χ1) is 13.1. The molecule has 2 aromatic carbocycles. The maximum absolute atomic E-state index is 13.1. The summed E-state index contributed by atoms with van der Waals surface area (Å²) in [6, 6.07) is 14.1. The zero-order valence-corrected chi connectivity index (χ0v) is 16.8. The lowest BCUT2D eigenvalue weighted by atomic mass is 9.93. The molecule has 1 fully saturated rings. The van der Waals surface area contributed by atoms with Crippen LogP contribution in [0.1, 0.15) is 29.5 Å². The smallest absolute Gasteiger partial charge is 0.227 e. The van der Waals surface area contributed by atoms with Crippen molar-refractivity contribution in [2.45, 2.75) is 32.4 Å². The number of carbonyl (C=O) groups excluding carboxylic acids is 1. The summed E-state index contributed by atoms with van der Waals surface area (Å²) in [5.41, 5.74) is 3.62. The van der Waals surface area contributed by atoms with E-state index >= 15 is 0 Å². The topological polar surface area (TPSA) is 23.6 Å². The average molecular weight is 403 g/mol. The number of likely N-dealkylation sites (tertiary alicyclic amines) is 1. The first-order valence-electron chi connectivity index (χ1n) is 9.62. The summed E-state index contributed by atoms with van der Waals surface area (Å²) < 4.78 is 0. The largest absolute Gasteiger partial charge is 0.338 e. The normalized spacial score (nSPS) is 20.4. The first-order valence-corrected chi connectivity index (χ1v) is 10.4. The van der Waals surface area contributed by atoms with Gasteiger partial charge in [-0.15, -0.1) is 0 Å². The molecule has 0 spiro atoms. The monoisotopic (exact) mass is 402 g/mol. The second kappa shape index (κ2) is 8.22. The van der Waals surface area contributed by atoms with Crippen molar-refractivity contribution in [2.75, 3.05) is 19.6 Å². The molecule has 0 aromatic heterocycles. The molecule has 0 saturated carbocycles. The Balaban J connectivity index is 1.42. The molecule has 0 bridgehead atoms. The minimum Gasteiger partial charge on any atom is -0.338 e. The number of carbonyl (C=O) groups is 1. The fourth-order valence-corrected chi connectivity index (χ4v) is 4.77. The molecular weight excluding hydrogens is 379 g/mol. The molecule has 1 unspecified atom stereocenters. The summed E-state index contributed by atoms with van der Waals surface area (Å²) in [5.74, 6) is 0.352. The van der Waals surface area contributed by atoms with E-state index in [1.165, 1.54) is 11.1 Å². The summed E-state index contributed by atoms with van der Waals surface area (Å²) in [6.07, 6.45) is 2.94. The van der Waals surface area contributed by atoms with Gasteiger partial charge in [-0.25, -0.2) is 0 Å². The minimum atomic E-state index is 0.0604. The molecule has 27 heavy (non-hydrogen) atoms. The Labute approximate surface area is 170 Å². The molecule has 1 saturated heterocycles. The van der Waals surface area contributed by atoms with E-state index in [0.717, 1.165) is 51.0 Å². The van der Waals surface area contributed by atoms with Gasteiger partial charge in [0.25, 0.3) is 0 Å². The number of hydrogen-bond donors (Lipinski definition) is 0. The molecule has 1 atom stereocenters. The number of rotatable bonds is 3. The van der Waals surface area contributed by atoms with E-state index in [1.54, 1.807) is 0 Å². The van der Waals surface area contributed by atoms with E-state index in [2.05, 4.69) is 29.2 Å². The molecule has 1 amide bonds. The highest BCUT2D eigenvalue weighted by Crippen LogP contribution is 2.29. The minimum absolute atomic E-state index is 0.0604. The molecule has 0 N–H and O–H groups in total. The summed E-state index contributed by atoms with van der Waals surface area (Å²) in [6.45, 7) is 4.02. The van der Waals surface area contributed by atoms with Gasteiger partial charge in [0.05, 0.1) is 5.92 Å². The lowest BCUT2D eigenvalue weighted by Gasteiger charge is -2.37. The van der Waals surface area contributed by atoms with Crippen LogP contribution in [0.4, 0.5) is 0 Å². The Bertz CT molecular complexity index is 819. The molecule has 0 aliphatic carbocycles. The first kappa shape index (κ1) is 18.8. The maximum atomic E-state index is 13.1. The van der Waals surface area contributed by atoms with Gasteiger partial charge in [-0.05, 0) is 49.1 Å². The van der Waals surface area contributed by atoms with Crippen molar-refractivity contribution in [3.05, 3.63) is 69.2 Å². The SMILES string of the molecule is O=C(C1CCCN(Cc2c(Cl)cccc2Cl)C1)N1CCc2ccccc2C1. The van der Waals surface area contributed by atoms with Crippen molar-refractivity contribution in [1.82, 2.24) is 9.80 Å². The van der Waals surface area contributed by atoms with Gasteiger partial charge in [-0.1, -0.05) is 53.5 Å². The number of nitrogens with zero attached hydrogens (tertiary/aromatic N) is 2. The Morgan fingerprint density at radius 2 is 1.74 bits per heavy atom. The Morgan fingerprint density at radius 1 is 1.00 bits per heavy atom. The van der Waals surface area contributed by atoms with Gasteiger partial charge in [-0.3, -0.25) is 9.69 Å². The van der Waals surface area contributed by atoms with Crippen LogP contribution in [0, 0.1) is 5.92 Å². The van der Waals surface area contributed by atoms with Gasteiger partial charge in [-0.2, -0.15) is 0 Å². The van der Waals surface area contributed by atoms with Crippen molar-refractivity contribution < 1.29 is 4.79 Å². The van der Waals surface area contributed by atoms with Gasteiger partial charge in [0.15, 0.2) is 0 Å². The van der Waals surface area contributed by atoms with Crippen LogP contribution in [0.5, 0.6) is 0 Å². The van der Waals surface area contributed by atoms with Crippen LogP contribution in [-0.2, 0) is 24.3 Å². The molecule has 142 valence electrons. The van der Waals surface area contributed by atoms with Crippen LogP contribution in [0.15, 0.2) is 42.5 Å². The van der Waals surface area contributed by atoms with Gasteiger partial charge in [0.2, 0.25) is 5.91 Å². The third kappa shape index (κ3) is 4.16. The summed E-state index contributed by atoms with van der Waals surface area (Å²) in [7, 11) is 0. The number of benzene rings is 2. The van der Waals surface area contributed by atoms with Crippen LogP contribution in [-0.4, -0.2) is 35.3 Å². The standard InChI is InChI=1S/C22H24Cl2N2O/c23-20-8-3-9-21(24)19(20)15-25-11-4-7-18(13-25)22(27)26-12-10-16-5-1-2-6-17(16)14-26/h1-3,5-6,8-9,18H,4,7,10-15H2. The predicted octanol–water partition coefficient (Wildman–Crippen LogP) is 4.79. The number of halogens is 2. The third-order valence-electron chi connectivity index (χ3n) is 5.74. The van der Waals surface area contributed by atoms with E-state index in [1.807, 2.05) is 23.1 Å². The highest BCUT2D eigenvalue weighted by atomic mass is 35.5. The molecule has 3 nitrogen and oxygen atoms in total. The lowest BCUT2D eigenvalue weighted by molar-refractivity contribution is -0.138. The van der Waals surface area contributed by atoms with Crippen LogP contribution in [0.2, 0.25) is 10.0 Å². The Kier molecular flexibility index (Phi) is 5.72. The fourth-order valence-electron chi connectivity index (χ4n) is 4.25. The van der Waals surface area contributed by atoms with Crippen LogP contribution in [0.25, 0.3) is 0 Å². The highest BCUT2D eigenvalue weighted by molar-refractivity contribution is 6.35. The molecule has 4 rings (SSSR count). The van der Waals surface area contributed by atoms with E-state index in [4.69, 9.17) is 23.2 Å². The third-order valence-corrected chi connectivity index (χ3v) is 6.45. The van der Waals surface area contributed by atoms with Crippen molar-refractivity contribution in [3.8, 4) is 0 Å². The van der Waals surface area contributed by atoms with E-state index in [0.29, 0.717) is 22.5 Å². The van der Waals surface area contributed by atoms with Gasteiger partial charge >= 0.3 is 0 Å². The lowest BCUT2D eigenvalue weighted by Crippen LogP contribution is -2.46.